The molecule has 0 spiro atoms. The number of nitrogens with one attached hydrogen (secondary N) is 2. The molecule has 20 heavy (non-hydrogen) atoms. The summed E-state index contributed by atoms with van der Waals surface area (Å²) in [5, 5.41) is 6.17. The minimum Gasteiger partial charge on any atom is -0.397 e. The molecule has 0 heterocycles. The van der Waals surface area contributed by atoms with Crippen LogP contribution >= 0.6 is 0 Å². The van der Waals surface area contributed by atoms with Crippen molar-refractivity contribution in [3.05, 3.63) is 23.8 Å². The molecule has 0 saturated heterocycles. The number of rotatable bonds is 3. The third-order valence-electron chi connectivity index (χ3n) is 4.01. The summed E-state index contributed by atoms with van der Waals surface area (Å²) >= 11 is 0. The summed E-state index contributed by atoms with van der Waals surface area (Å²) in [5.74, 6) is -0.0780. The van der Waals surface area contributed by atoms with Gasteiger partial charge in [-0.15, -0.1) is 0 Å². The summed E-state index contributed by atoms with van der Waals surface area (Å²) in [5.41, 5.74) is 8.27. The fourth-order valence-electron chi connectivity index (χ4n) is 2.79. The Balaban J connectivity index is 2.08. The number of carbonyl (C=O) groups is 1. The first kappa shape index (κ1) is 14.7. The number of anilines is 2. The molecule has 1 fully saturated rings. The van der Waals surface area contributed by atoms with Crippen molar-refractivity contribution in [1.29, 1.82) is 0 Å². The molecule has 0 unspecified atom stereocenters. The van der Waals surface area contributed by atoms with Gasteiger partial charge in [-0.2, -0.15) is 0 Å². The van der Waals surface area contributed by atoms with Crippen LogP contribution in [0.15, 0.2) is 18.2 Å². The van der Waals surface area contributed by atoms with Crippen LogP contribution in [0.2, 0.25) is 0 Å². The predicted molar refractivity (Wildman–Crippen MR) is 84.0 cm³/mol. The average molecular weight is 275 g/mol. The first-order chi connectivity index (χ1) is 9.70. The third-order valence-corrected chi connectivity index (χ3v) is 4.01. The van der Waals surface area contributed by atoms with Crippen molar-refractivity contribution < 1.29 is 4.79 Å². The molecule has 1 aromatic rings. The molecule has 0 aromatic heterocycles. The van der Waals surface area contributed by atoms with E-state index in [0.29, 0.717) is 17.3 Å². The van der Waals surface area contributed by atoms with Crippen molar-refractivity contribution in [3.8, 4) is 0 Å². The van der Waals surface area contributed by atoms with Crippen LogP contribution in [0.25, 0.3) is 0 Å². The molecule has 0 radical (unpaired) electrons. The summed E-state index contributed by atoms with van der Waals surface area (Å²) in [4.78, 5) is 11.7. The van der Waals surface area contributed by atoms with Gasteiger partial charge >= 0.3 is 0 Å². The standard InChI is InChI=1S/C16H25N3O/c1-18-16(20)12-9-10-14(17)15(11-12)19-13-7-5-3-2-4-6-8-13/h9-11,13,19H,2-8,17H2,1H3,(H,18,20). The van der Waals surface area contributed by atoms with Crippen LogP contribution < -0.4 is 16.4 Å². The molecule has 4 N–H and O–H groups in total. The maximum absolute atomic E-state index is 11.7. The number of hydrogen-bond donors (Lipinski definition) is 3. The van der Waals surface area contributed by atoms with Crippen LogP contribution in [0.4, 0.5) is 11.4 Å². The fraction of sp³-hybridized carbons (Fsp3) is 0.562. The maximum Gasteiger partial charge on any atom is 0.251 e. The molecule has 1 aromatic carbocycles. The van der Waals surface area contributed by atoms with Crippen LogP contribution in [-0.4, -0.2) is 19.0 Å². The van der Waals surface area contributed by atoms with Gasteiger partial charge in [-0.3, -0.25) is 4.79 Å². The summed E-state index contributed by atoms with van der Waals surface area (Å²) in [6.45, 7) is 0. The van der Waals surface area contributed by atoms with Gasteiger partial charge in [0.2, 0.25) is 0 Å². The highest BCUT2D eigenvalue weighted by Gasteiger charge is 2.13. The first-order valence-electron chi connectivity index (χ1n) is 7.59. The zero-order valence-electron chi connectivity index (χ0n) is 12.2. The topological polar surface area (TPSA) is 67.2 Å². The summed E-state index contributed by atoms with van der Waals surface area (Å²) in [7, 11) is 1.64. The molecule has 1 aliphatic carbocycles. The van der Waals surface area contributed by atoms with Gasteiger partial charge in [-0.1, -0.05) is 32.1 Å². The molecule has 1 saturated carbocycles. The Labute approximate surface area is 121 Å². The molecule has 4 nitrogen and oxygen atoms in total. The zero-order chi connectivity index (χ0) is 14.4. The third kappa shape index (κ3) is 3.89. The van der Waals surface area contributed by atoms with E-state index < -0.39 is 0 Å². The Kier molecular flexibility index (Phi) is 5.27. The molecule has 0 bridgehead atoms. The number of hydrogen-bond acceptors (Lipinski definition) is 3. The van der Waals surface area contributed by atoms with Crippen molar-refractivity contribution in [3.63, 3.8) is 0 Å². The second-order valence-electron chi connectivity index (χ2n) is 5.57. The molecule has 0 atom stereocenters. The van der Waals surface area contributed by atoms with Crippen LogP contribution in [0.1, 0.15) is 55.3 Å². The zero-order valence-corrected chi connectivity index (χ0v) is 12.2. The maximum atomic E-state index is 11.7. The Hall–Kier alpha value is -1.71. The number of nitrogens with two attached hydrogens (primary N) is 1. The Morgan fingerprint density at radius 1 is 1.15 bits per heavy atom. The van der Waals surface area contributed by atoms with Crippen molar-refractivity contribution in [2.24, 2.45) is 0 Å². The summed E-state index contributed by atoms with van der Waals surface area (Å²) in [6, 6.07) is 5.89. The van der Waals surface area contributed by atoms with Gasteiger partial charge in [-0.25, -0.2) is 0 Å². The molecule has 0 aliphatic heterocycles. The summed E-state index contributed by atoms with van der Waals surface area (Å²) in [6.07, 6.45) is 8.92. The second kappa shape index (κ2) is 7.17. The number of carbonyl (C=O) groups excluding carboxylic acids is 1. The minimum absolute atomic E-state index is 0.0780. The molecule has 110 valence electrons. The van der Waals surface area contributed by atoms with E-state index in [1.165, 1.54) is 44.9 Å². The first-order valence-corrected chi connectivity index (χ1v) is 7.59. The second-order valence-corrected chi connectivity index (χ2v) is 5.57. The highest BCUT2D eigenvalue weighted by Crippen LogP contribution is 2.25. The lowest BCUT2D eigenvalue weighted by molar-refractivity contribution is 0.0963. The number of benzene rings is 1. The largest absolute Gasteiger partial charge is 0.397 e. The normalized spacial score (nSPS) is 17.1. The number of amides is 1. The van der Waals surface area contributed by atoms with Gasteiger partial charge in [0.05, 0.1) is 11.4 Å². The van der Waals surface area contributed by atoms with Crippen LogP contribution in [0, 0.1) is 0 Å². The van der Waals surface area contributed by atoms with Crippen molar-refractivity contribution in [1.82, 2.24) is 5.32 Å². The van der Waals surface area contributed by atoms with Crippen LogP contribution in [0.5, 0.6) is 0 Å². The van der Waals surface area contributed by atoms with Gasteiger partial charge < -0.3 is 16.4 Å². The van der Waals surface area contributed by atoms with E-state index in [4.69, 9.17) is 5.73 Å². The molecule has 1 amide bonds. The average Bonchev–Trinajstić information content (AvgIpc) is 2.43. The van der Waals surface area contributed by atoms with E-state index in [1.54, 1.807) is 19.2 Å². The predicted octanol–water partition coefficient (Wildman–Crippen LogP) is 3.15. The smallest absolute Gasteiger partial charge is 0.251 e. The van der Waals surface area contributed by atoms with E-state index in [9.17, 15) is 4.79 Å². The van der Waals surface area contributed by atoms with Crippen LogP contribution in [-0.2, 0) is 0 Å². The lowest BCUT2D eigenvalue weighted by Gasteiger charge is -2.23. The van der Waals surface area contributed by atoms with Gasteiger partial charge in [-0.05, 0) is 31.0 Å². The summed E-state index contributed by atoms with van der Waals surface area (Å²) < 4.78 is 0. The lowest BCUT2D eigenvalue weighted by atomic mass is 9.96. The Bertz CT molecular complexity index is 451. The van der Waals surface area contributed by atoms with E-state index in [1.807, 2.05) is 6.07 Å². The van der Waals surface area contributed by atoms with Gasteiger partial charge in [0, 0.05) is 18.7 Å². The van der Waals surface area contributed by atoms with E-state index in [2.05, 4.69) is 10.6 Å². The molecular formula is C16H25N3O. The van der Waals surface area contributed by atoms with Gasteiger partial charge in [0.1, 0.15) is 0 Å². The number of nitrogen functional groups attached to an aromatic ring is 1. The molecular weight excluding hydrogens is 250 g/mol. The molecule has 1 aliphatic rings. The van der Waals surface area contributed by atoms with E-state index in [0.717, 1.165) is 5.69 Å². The quantitative estimate of drug-likeness (QED) is 0.742. The van der Waals surface area contributed by atoms with E-state index >= 15 is 0 Å². The van der Waals surface area contributed by atoms with Crippen LogP contribution in [0.3, 0.4) is 0 Å². The monoisotopic (exact) mass is 275 g/mol. The van der Waals surface area contributed by atoms with Crippen molar-refractivity contribution in [2.75, 3.05) is 18.1 Å². The molecule has 2 rings (SSSR count). The minimum atomic E-state index is -0.0780. The van der Waals surface area contributed by atoms with Gasteiger partial charge in [0.15, 0.2) is 0 Å². The molecule has 4 heteroatoms. The SMILES string of the molecule is CNC(=O)c1ccc(N)c(NC2CCCCCCC2)c1. The highest BCUT2D eigenvalue weighted by atomic mass is 16.1. The van der Waals surface area contributed by atoms with Gasteiger partial charge in [0.25, 0.3) is 5.91 Å². The highest BCUT2D eigenvalue weighted by molar-refractivity contribution is 5.96. The lowest BCUT2D eigenvalue weighted by Crippen LogP contribution is -2.22. The Morgan fingerprint density at radius 2 is 1.80 bits per heavy atom. The Morgan fingerprint density at radius 3 is 2.45 bits per heavy atom. The van der Waals surface area contributed by atoms with Crippen molar-refractivity contribution >= 4 is 17.3 Å². The fourth-order valence-corrected chi connectivity index (χ4v) is 2.79. The van der Waals surface area contributed by atoms with E-state index in [-0.39, 0.29) is 5.91 Å². The van der Waals surface area contributed by atoms with Crippen molar-refractivity contribution in [2.45, 2.75) is 51.0 Å².